The van der Waals surface area contributed by atoms with Crippen molar-refractivity contribution in [1.29, 1.82) is 0 Å². The summed E-state index contributed by atoms with van der Waals surface area (Å²) >= 11 is 0. The lowest BCUT2D eigenvalue weighted by molar-refractivity contribution is -0.129. The second-order valence-corrected chi connectivity index (χ2v) is 5.68. The molecule has 26 heavy (non-hydrogen) atoms. The number of rotatable bonds is 6. The van der Waals surface area contributed by atoms with E-state index in [-0.39, 0.29) is 12.7 Å². The largest absolute Gasteiger partial charge is 0.497 e. The van der Waals surface area contributed by atoms with Crippen LogP contribution in [0.4, 0.5) is 0 Å². The van der Waals surface area contributed by atoms with Crippen molar-refractivity contribution in [2.24, 2.45) is 0 Å². The van der Waals surface area contributed by atoms with Crippen LogP contribution in [-0.2, 0) is 16.1 Å². The fraction of sp³-hybridized carbons (Fsp3) is 0.263. The van der Waals surface area contributed by atoms with E-state index in [1.807, 2.05) is 6.07 Å². The molecule has 1 N–H and O–H groups in total. The van der Waals surface area contributed by atoms with Crippen LogP contribution in [0.2, 0.25) is 0 Å². The van der Waals surface area contributed by atoms with Crippen LogP contribution in [-0.4, -0.2) is 31.9 Å². The Morgan fingerprint density at radius 2 is 1.85 bits per heavy atom. The lowest BCUT2D eigenvalue weighted by atomic mass is 10.2. The van der Waals surface area contributed by atoms with Crippen molar-refractivity contribution in [3.63, 3.8) is 0 Å². The molecule has 0 unspecified atom stereocenters. The second kappa shape index (κ2) is 7.77. The van der Waals surface area contributed by atoms with Gasteiger partial charge < -0.3 is 24.3 Å². The zero-order chi connectivity index (χ0) is 18.5. The average Bonchev–Trinajstić information content (AvgIpc) is 3.13. The molecule has 0 spiro atoms. The minimum absolute atomic E-state index is 0.198. The zero-order valence-electron chi connectivity index (χ0n) is 14.5. The van der Waals surface area contributed by atoms with Crippen molar-refractivity contribution in [3.8, 4) is 17.2 Å². The van der Waals surface area contributed by atoms with Crippen LogP contribution in [0.25, 0.3) is 0 Å². The van der Waals surface area contributed by atoms with Gasteiger partial charge in [-0.15, -0.1) is 0 Å². The maximum atomic E-state index is 12.2. The number of esters is 1. The van der Waals surface area contributed by atoms with Crippen LogP contribution in [0.1, 0.15) is 22.8 Å². The Morgan fingerprint density at radius 3 is 2.58 bits per heavy atom. The van der Waals surface area contributed by atoms with Crippen molar-refractivity contribution in [2.45, 2.75) is 19.6 Å². The van der Waals surface area contributed by atoms with Gasteiger partial charge in [0, 0.05) is 6.54 Å². The molecule has 2 aromatic rings. The third-order valence-electron chi connectivity index (χ3n) is 3.88. The maximum Gasteiger partial charge on any atom is 0.338 e. The number of fused-ring (bicyclic) bond motifs is 1. The average molecular weight is 357 g/mol. The number of nitrogens with one attached hydrogen (secondary N) is 1. The molecule has 1 aliphatic heterocycles. The van der Waals surface area contributed by atoms with Gasteiger partial charge in [-0.3, -0.25) is 4.79 Å². The number of hydrogen-bond acceptors (Lipinski definition) is 6. The predicted octanol–water partition coefficient (Wildman–Crippen LogP) is 2.29. The molecule has 7 heteroatoms. The first-order valence-electron chi connectivity index (χ1n) is 8.08. The highest BCUT2D eigenvalue weighted by Crippen LogP contribution is 2.32. The molecule has 0 bridgehead atoms. The topological polar surface area (TPSA) is 83.1 Å². The van der Waals surface area contributed by atoms with Crippen molar-refractivity contribution >= 4 is 11.9 Å². The van der Waals surface area contributed by atoms with Crippen LogP contribution in [0.15, 0.2) is 42.5 Å². The molecule has 0 saturated carbocycles. The van der Waals surface area contributed by atoms with E-state index in [9.17, 15) is 9.59 Å². The van der Waals surface area contributed by atoms with Crippen LogP contribution >= 0.6 is 0 Å². The third-order valence-corrected chi connectivity index (χ3v) is 3.88. The van der Waals surface area contributed by atoms with Gasteiger partial charge in [0.15, 0.2) is 17.6 Å². The Labute approximate surface area is 150 Å². The summed E-state index contributed by atoms with van der Waals surface area (Å²) in [5, 5.41) is 2.73. The van der Waals surface area contributed by atoms with Crippen LogP contribution in [0.3, 0.4) is 0 Å². The minimum Gasteiger partial charge on any atom is -0.497 e. The summed E-state index contributed by atoms with van der Waals surface area (Å²) < 4.78 is 20.8. The number of carbonyl (C=O) groups is 2. The lowest BCUT2D eigenvalue weighted by Crippen LogP contribution is -2.35. The molecule has 1 atom stereocenters. The smallest absolute Gasteiger partial charge is 0.338 e. The first kappa shape index (κ1) is 17.6. The summed E-state index contributed by atoms with van der Waals surface area (Å²) in [5.74, 6) is 1.01. The van der Waals surface area contributed by atoms with Crippen LogP contribution in [0.5, 0.6) is 17.2 Å². The van der Waals surface area contributed by atoms with Gasteiger partial charge in [-0.1, -0.05) is 6.07 Å². The maximum absolute atomic E-state index is 12.2. The Morgan fingerprint density at radius 1 is 1.12 bits per heavy atom. The number of benzene rings is 2. The van der Waals surface area contributed by atoms with Gasteiger partial charge in [0.05, 0.1) is 12.7 Å². The summed E-state index contributed by atoms with van der Waals surface area (Å²) in [6.07, 6.45) is -0.918. The highest BCUT2D eigenvalue weighted by Gasteiger charge is 2.19. The number of methoxy groups -OCH3 is 1. The normalized spacial score (nSPS) is 13.0. The Bertz CT molecular complexity index is 802. The zero-order valence-corrected chi connectivity index (χ0v) is 14.5. The molecule has 0 aliphatic carbocycles. The van der Waals surface area contributed by atoms with Gasteiger partial charge in [0.1, 0.15) is 5.75 Å². The molecule has 0 fully saturated rings. The fourth-order valence-electron chi connectivity index (χ4n) is 2.39. The van der Waals surface area contributed by atoms with E-state index in [2.05, 4.69) is 5.32 Å². The Hall–Kier alpha value is -3.22. The molecule has 0 saturated heterocycles. The molecule has 1 amide bonds. The Balaban J connectivity index is 1.51. The first-order chi connectivity index (χ1) is 12.6. The van der Waals surface area contributed by atoms with Crippen LogP contribution < -0.4 is 19.5 Å². The summed E-state index contributed by atoms with van der Waals surface area (Å²) in [5.41, 5.74) is 1.21. The van der Waals surface area contributed by atoms with Gasteiger partial charge in [-0.25, -0.2) is 4.79 Å². The highest BCUT2D eigenvalue weighted by molar-refractivity contribution is 5.92. The molecule has 136 valence electrons. The second-order valence-electron chi connectivity index (χ2n) is 5.68. The van der Waals surface area contributed by atoms with Gasteiger partial charge in [0.2, 0.25) is 6.79 Å². The highest BCUT2D eigenvalue weighted by atomic mass is 16.7. The quantitative estimate of drug-likeness (QED) is 0.799. The monoisotopic (exact) mass is 357 g/mol. The fourth-order valence-corrected chi connectivity index (χ4v) is 2.39. The van der Waals surface area contributed by atoms with Crippen LogP contribution in [0, 0.1) is 0 Å². The van der Waals surface area contributed by atoms with Gasteiger partial charge >= 0.3 is 5.97 Å². The van der Waals surface area contributed by atoms with E-state index in [4.69, 9.17) is 18.9 Å². The SMILES string of the molecule is COc1ccc(C(=O)O[C@H](C)C(=O)NCc2ccc3c(c2)OCO3)cc1. The predicted molar refractivity (Wildman–Crippen MR) is 92.3 cm³/mol. The molecular weight excluding hydrogens is 338 g/mol. The van der Waals surface area contributed by atoms with Crippen molar-refractivity contribution in [2.75, 3.05) is 13.9 Å². The molecule has 1 heterocycles. The first-order valence-corrected chi connectivity index (χ1v) is 8.08. The van der Waals surface area contributed by atoms with E-state index in [1.165, 1.54) is 6.92 Å². The summed E-state index contributed by atoms with van der Waals surface area (Å²) in [6.45, 7) is 2.01. The summed E-state index contributed by atoms with van der Waals surface area (Å²) in [6, 6.07) is 11.9. The van der Waals surface area contributed by atoms with Crippen molar-refractivity contribution < 1.29 is 28.5 Å². The third kappa shape index (κ3) is 4.05. The van der Waals surface area contributed by atoms with E-state index in [0.717, 1.165) is 5.56 Å². The van der Waals surface area contributed by atoms with E-state index in [0.29, 0.717) is 29.4 Å². The summed E-state index contributed by atoms with van der Waals surface area (Å²) in [7, 11) is 1.54. The molecule has 7 nitrogen and oxygen atoms in total. The molecule has 1 aliphatic rings. The Kier molecular flexibility index (Phi) is 5.26. The number of ether oxygens (including phenoxy) is 4. The minimum atomic E-state index is -0.918. The lowest BCUT2D eigenvalue weighted by Gasteiger charge is -2.14. The van der Waals surface area contributed by atoms with Gasteiger partial charge in [-0.05, 0) is 48.9 Å². The van der Waals surface area contributed by atoms with Gasteiger partial charge in [0.25, 0.3) is 5.91 Å². The van der Waals surface area contributed by atoms with E-state index >= 15 is 0 Å². The molecule has 2 aromatic carbocycles. The number of carbonyl (C=O) groups excluding carboxylic acids is 2. The number of amides is 1. The van der Waals surface area contributed by atoms with E-state index < -0.39 is 12.1 Å². The number of hydrogen-bond donors (Lipinski definition) is 1. The molecule has 0 aromatic heterocycles. The van der Waals surface area contributed by atoms with Crippen molar-refractivity contribution in [3.05, 3.63) is 53.6 Å². The van der Waals surface area contributed by atoms with Gasteiger partial charge in [-0.2, -0.15) is 0 Å². The molecule has 3 rings (SSSR count). The standard InChI is InChI=1S/C19H19NO6/c1-12(26-19(22)14-4-6-15(23-2)7-5-14)18(21)20-10-13-3-8-16-17(9-13)25-11-24-16/h3-9,12H,10-11H2,1-2H3,(H,20,21)/t12-/m1/s1. The molecule has 0 radical (unpaired) electrons. The van der Waals surface area contributed by atoms with Crippen molar-refractivity contribution in [1.82, 2.24) is 5.32 Å². The van der Waals surface area contributed by atoms with E-state index in [1.54, 1.807) is 43.5 Å². The summed E-state index contributed by atoms with van der Waals surface area (Å²) in [4.78, 5) is 24.2. The molecular formula is C19H19NO6.